The fourth-order valence-electron chi connectivity index (χ4n) is 2.20. The van der Waals surface area contributed by atoms with E-state index in [1.54, 1.807) is 4.90 Å². The van der Waals surface area contributed by atoms with Crippen LogP contribution in [0.4, 0.5) is 9.18 Å². The Morgan fingerprint density at radius 2 is 2.07 bits per heavy atom. The van der Waals surface area contributed by atoms with Crippen molar-refractivity contribution in [3.8, 4) is 0 Å². The Balaban J connectivity index is 2.03. The third-order valence-corrected chi connectivity index (χ3v) is 3.10. The minimum absolute atomic E-state index is 0.361. The van der Waals surface area contributed by atoms with Gasteiger partial charge in [-0.25, -0.2) is 9.18 Å². The molecule has 1 unspecified atom stereocenters. The lowest BCUT2D eigenvalue weighted by atomic mass is 10.1. The first-order chi connectivity index (χ1) is 6.85. The smallest absolute Gasteiger partial charge is 0.410 e. The molecule has 0 aromatic carbocycles. The number of carbonyl (C=O) groups is 1. The summed E-state index contributed by atoms with van der Waals surface area (Å²) in [6.07, 6.45) is 0.810. The second-order valence-electron chi connectivity index (χ2n) is 5.49. The summed E-state index contributed by atoms with van der Waals surface area (Å²) in [7, 11) is 0. The lowest BCUT2D eigenvalue weighted by molar-refractivity contribution is 0.0165. The van der Waals surface area contributed by atoms with E-state index in [0.717, 1.165) is 12.8 Å². The van der Waals surface area contributed by atoms with Gasteiger partial charge >= 0.3 is 6.09 Å². The molecular weight excluding hydrogens is 197 g/mol. The van der Waals surface area contributed by atoms with Gasteiger partial charge in [0.05, 0.1) is 5.54 Å². The zero-order chi connectivity index (χ0) is 11.3. The van der Waals surface area contributed by atoms with Gasteiger partial charge in [-0.2, -0.15) is 0 Å². The first kappa shape index (κ1) is 10.7. The molecule has 1 aliphatic carbocycles. The van der Waals surface area contributed by atoms with Crippen LogP contribution in [0.3, 0.4) is 0 Å². The van der Waals surface area contributed by atoms with Gasteiger partial charge < -0.3 is 4.74 Å². The van der Waals surface area contributed by atoms with Crippen LogP contribution in [0.25, 0.3) is 0 Å². The van der Waals surface area contributed by atoms with Gasteiger partial charge in [0, 0.05) is 6.54 Å². The summed E-state index contributed by atoms with van der Waals surface area (Å²) in [5.74, 6) is 0. The Kier molecular flexibility index (Phi) is 2.21. The van der Waals surface area contributed by atoms with Crippen LogP contribution in [-0.4, -0.2) is 34.8 Å². The number of nitrogens with zero attached hydrogens (tertiary/aromatic N) is 1. The molecule has 15 heavy (non-hydrogen) atoms. The van der Waals surface area contributed by atoms with Gasteiger partial charge in [0.25, 0.3) is 0 Å². The van der Waals surface area contributed by atoms with E-state index in [-0.39, 0.29) is 6.09 Å². The number of carbonyl (C=O) groups excluding carboxylic acids is 1. The minimum atomic E-state index is -0.856. The van der Waals surface area contributed by atoms with E-state index in [2.05, 4.69) is 0 Å². The van der Waals surface area contributed by atoms with Crippen LogP contribution >= 0.6 is 0 Å². The summed E-state index contributed by atoms with van der Waals surface area (Å²) < 4.78 is 18.8. The molecule has 1 atom stereocenters. The van der Waals surface area contributed by atoms with Crippen molar-refractivity contribution in [2.24, 2.45) is 0 Å². The Labute approximate surface area is 89.6 Å². The van der Waals surface area contributed by atoms with E-state index in [9.17, 15) is 9.18 Å². The van der Waals surface area contributed by atoms with E-state index >= 15 is 0 Å². The quantitative estimate of drug-likeness (QED) is 0.621. The molecule has 1 saturated carbocycles. The first-order valence-corrected chi connectivity index (χ1v) is 5.50. The molecular formula is C11H18FNO2. The van der Waals surface area contributed by atoms with Gasteiger partial charge in [0.2, 0.25) is 0 Å². The van der Waals surface area contributed by atoms with Gasteiger partial charge in [-0.1, -0.05) is 0 Å². The first-order valence-electron chi connectivity index (χ1n) is 5.50. The topological polar surface area (TPSA) is 29.5 Å². The van der Waals surface area contributed by atoms with Crippen molar-refractivity contribution >= 4 is 6.09 Å². The second-order valence-corrected chi connectivity index (χ2v) is 5.49. The SMILES string of the molecule is CC(C)(C)OC(=O)N1CCC(F)C12CC2. The van der Waals surface area contributed by atoms with Crippen LogP contribution in [0.2, 0.25) is 0 Å². The van der Waals surface area contributed by atoms with Crippen LogP contribution in [-0.2, 0) is 4.74 Å². The minimum Gasteiger partial charge on any atom is -0.444 e. The van der Waals surface area contributed by atoms with Gasteiger partial charge in [-0.3, -0.25) is 4.90 Å². The Hall–Kier alpha value is -0.800. The molecule has 3 nitrogen and oxygen atoms in total. The highest BCUT2D eigenvalue weighted by Gasteiger charge is 2.60. The molecule has 1 saturated heterocycles. The predicted octanol–water partition coefficient (Wildman–Crippen LogP) is 2.50. The number of amides is 1. The van der Waals surface area contributed by atoms with Gasteiger partial charge in [-0.05, 0) is 40.0 Å². The van der Waals surface area contributed by atoms with E-state index < -0.39 is 17.3 Å². The number of ether oxygens (including phenoxy) is 1. The lowest BCUT2D eigenvalue weighted by Gasteiger charge is -2.28. The maximum atomic E-state index is 13.6. The molecule has 0 aromatic heterocycles. The number of likely N-dealkylation sites (tertiary alicyclic amines) is 1. The number of hydrogen-bond acceptors (Lipinski definition) is 2. The number of alkyl halides is 1. The fourth-order valence-corrected chi connectivity index (χ4v) is 2.20. The number of hydrogen-bond donors (Lipinski definition) is 0. The summed E-state index contributed by atoms with van der Waals surface area (Å²) in [6.45, 7) is 5.98. The molecule has 2 rings (SSSR count). The monoisotopic (exact) mass is 215 g/mol. The number of halogens is 1. The average molecular weight is 215 g/mol. The Bertz CT molecular complexity index is 281. The standard InChI is InChI=1S/C11H18FNO2/c1-10(2,3)15-9(14)13-7-4-8(12)11(13)5-6-11/h8H,4-7H2,1-3H3. The molecule has 0 bridgehead atoms. The molecule has 4 heteroatoms. The maximum Gasteiger partial charge on any atom is 0.410 e. The van der Waals surface area contributed by atoms with E-state index in [4.69, 9.17) is 4.74 Å². The zero-order valence-electron chi connectivity index (χ0n) is 9.55. The molecule has 0 aromatic rings. The van der Waals surface area contributed by atoms with Crippen molar-refractivity contribution in [3.05, 3.63) is 0 Å². The second kappa shape index (κ2) is 3.09. The normalized spacial score (nSPS) is 28.3. The van der Waals surface area contributed by atoms with Crippen LogP contribution in [0.5, 0.6) is 0 Å². The summed E-state index contributed by atoms with van der Waals surface area (Å²) >= 11 is 0. The molecule has 2 fully saturated rings. The lowest BCUT2D eigenvalue weighted by Crippen LogP contribution is -2.43. The highest BCUT2D eigenvalue weighted by Crippen LogP contribution is 2.51. The van der Waals surface area contributed by atoms with Crippen molar-refractivity contribution in [1.29, 1.82) is 0 Å². The van der Waals surface area contributed by atoms with Crippen molar-refractivity contribution in [2.75, 3.05) is 6.54 Å². The summed E-state index contributed by atoms with van der Waals surface area (Å²) in [4.78, 5) is 13.4. The molecule has 0 N–H and O–H groups in total. The van der Waals surface area contributed by atoms with Crippen molar-refractivity contribution in [1.82, 2.24) is 4.90 Å². The zero-order valence-corrected chi connectivity index (χ0v) is 9.55. The third-order valence-electron chi connectivity index (χ3n) is 3.10. The molecule has 1 aliphatic heterocycles. The fraction of sp³-hybridized carbons (Fsp3) is 0.909. The highest BCUT2D eigenvalue weighted by atomic mass is 19.1. The molecule has 1 heterocycles. The van der Waals surface area contributed by atoms with Gasteiger partial charge in [-0.15, -0.1) is 0 Å². The average Bonchev–Trinajstić information content (AvgIpc) is 2.75. The molecule has 1 amide bonds. The molecule has 2 aliphatic rings. The summed E-state index contributed by atoms with van der Waals surface area (Å²) in [5.41, 5.74) is -0.996. The molecule has 1 spiro atoms. The molecule has 86 valence electrons. The predicted molar refractivity (Wildman–Crippen MR) is 54.4 cm³/mol. The Morgan fingerprint density at radius 1 is 1.47 bits per heavy atom. The van der Waals surface area contributed by atoms with E-state index in [0.29, 0.717) is 13.0 Å². The highest BCUT2D eigenvalue weighted by molar-refractivity contribution is 5.70. The summed E-state index contributed by atoms with van der Waals surface area (Å²) in [6, 6.07) is 0. The van der Waals surface area contributed by atoms with Gasteiger partial charge in [0.1, 0.15) is 11.8 Å². The van der Waals surface area contributed by atoms with Crippen molar-refractivity contribution in [2.45, 2.75) is 57.3 Å². The largest absolute Gasteiger partial charge is 0.444 e. The van der Waals surface area contributed by atoms with Crippen LogP contribution in [0.1, 0.15) is 40.0 Å². The van der Waals surface area contributed by atoms with Crippen LogP contribution in [0, 0.1) is 0 Å². The Morgan fingerprint density at radius 3 is 2.53 bits per heavy atom. The van der Waals surface area contributed by atoms with Crippen molar-refractivity contribution < 1.29 is 13.9 Å². The summed E-state index contributed by atoms with van der Waals surface area (Å²) in [5, 5.41) is 0. The van der Waals surface area contributed by atoms with E-state index in [1.165, 1.54) is 0 Å². The van der Waals surface area contributed by atoms with Crippen molar-refractivity contribution in [3.63, 3.8) is 0 Å². The van der Waals surface area contributed by atoms with E-state index in [1.807, 2.05) is 20.8 Å². The third kappa shape index (κ3) is 1.82. The number of rotatable bonds is 0. The maximum absolute atomic E-state index is 13.6. The van der Waals surface area contributed by atoms with Crippen LogP contribution < -0.4 is 0 Å². The van der Waals surface area contributed by atoms with Gasteiger partial charge in [0.15, 0.2) is 0 Å². The van der Waals surface area contributed by atoms with Crippen LogP contribution in [0.15, 0.2) is 0 Å². The molecule has 0 radical (unpaired) electrons.